The predicted octanol–water partition coefficient (Wildman–Crippen LogP) is 3.46. The molecule has 0 unspecified atom stereocenters. The minimum Gasteiger partial charge on any atom is -0.496 e. The van der Waals surface area contributed by atoms with Crippen molar-refractivity contribution in [3.63, 3.8) is 0 Å². The van der Waals surface area contributed by atoms with Gasteiger partial charge < -0.3 is 10.1 Å². The van der Waals surface area contributed by atoms with E-state index in [0.29, 0.717) is 16.9 Å². The van der Waals surface area contributed by atoms with E-state index >= 15 is 0 Å². The number of nitrogens with one attached hydrogen (secondary N) is 1. The summed E-state index contributed by atoms with van der Waals surface area (Å²) >= 11 is 0. The maximum Gasteiger partial charge on any atom is 0.181 e. The van der Waals surface area contributed by atoms with E-state index in [2.05, 4.69) is 5.32 Å². The van der Waals surface area contributed by atoms with Gasteiger partial charge in [0, 0.05) is 12.1 Å². The van der Waals surface area contributed by atoms with E-state index in [1.54, 1.807) is 18.2 Å². The fraction of sp³-hybridized carbons (Fsp3) is 0.133. The number of nitrogens with zero attached hydrogens (tertiary/aromatic N) is 1. The Morgan fingerprint density at radius 3 is 2.75 bits per heavy atom. The van der Waals surface area contributed by atoms with Crippen LogP contribution in [0.25, 0.3) is 0 Å². The van der Waals surface area contributed by atoms with Gasteiger partial charge in [0.1, 0.15) is 5.75 Å². The largest absolute Gasteiger partial charge is 0.496 e. The summed E-state index contributed by atoms with van der Waals surface area (Å²) in [7, 11) is 1.51. The molecule has 0 amide bonds. The maximum atomic E-state index is 13.5. The molecule has 20 heavy (non-hydrogen) atoms. The summed E-state index contributed by atoms with van der Waals surface area (Å²) in [6.45, 7) is 0.221. The third kappa shape index (κ3) is 2.86. The van der Waals surface area contributed by atoms with Crippen LogP contribution in [0.2, 0.25) is 0 Å². The summed E-state index contributed by atoms with van der Waals surface area (Å²) in [5, 5.41) is 11.7. The molecule has 2 aromatic carbocycles. The van der Waals surface area contributed by atoms with E-state index in [-0.39, 0.29) is 12.2 Å². The van der Waals surface area contributed by atoms with Crippen molar-refractivity contribution in [2.24, 2.45) is 0 Å². The molecule has 0 saturated heterocycles. The number of hydrogen-bond donors (Lipinski definition) is 1. The van der Waals surface area contributed by atoms with Crippen molar-refractivity contribution in [3.8, 4) is 11.8 Å². The molecular weight excluding hydrogens is 262 g/mol. The maximum absolute atomic E-state index is 13.5. The van der Waals surface area contributed by atoms with Crippen LogP contribution in [0, 0.1) is 23.0 Å². The Kier molecular flexibility index (Phi) is 4.16. The quantitative estimate of drug-likeness (QED) is 0.928. The van der Waals surface area contributed by atoms with Gasteiger partial charge in [-0.15, -0.1) is 0 Å². The fourth-order valence-corrected chi connectivity index (χ4v) is 1.82. The summed E-state index contributed by atoms with van der Waals surface area (Å²) in [5.74, 6) is -1.26. The number of anilines is 1. The molecule has 0 aliphatic heterocycles. The number of rotatable bonds is 4. The summed E-state index contributed by atoms with van der Waals surface area (Å²) in [6, 6.07) is 10.9. The normalized spacial score (nSPS) is 9.90. The molecule has 0 spiro atoms. The number of nitriles is 1. The molecule has 0 aliphatic rings. The van der Waals surface area contributed by atoms with Gasteiger partial charge in [-0.25, -0.2) is 8.78 Å². The SMILES string of the molecule is COc1ccc(C#N)cc1CNc1cccc(F)c1F. The second-order valence-corrected chi connectivity index (χ2v) is 4.09. The van der Waals surface area contributed by atoms with Gasteiger partial charge in [-0.2, -0.15) is 5.26 Å². The molecule has 0 aliphatic carbocycles. The molecule has 1 N–H and O–H groups in total. The summed E-state index contributed by atoms with van der Waals surface area (Å²) in [6.07, 6.45) is 0. The molecular formula is C15H12F2N2O. The number of halogens is 2. The van der Waals surface area contributed by atoms with Crippen molar-refractivity contribution in [2.45, 2.75) is 6.54 Å². The average molecular weight is 274 g/mol. The first-order valence-corrected chi connectivity index (χ1v) is 5.90. The molecule has 0 saturated carbocycles. The topological polar surface area (TPSA) is 45.0 Å². The Bertz CT molecular complexity index is 665. The van der Waals surface area contributed by atoms with Gasteiger partial charge in [0.15, 0.2) is 11.6 Å². The second kappa shape index (κ2) is 6.02. The Morgan fingerprint density at radius 2 is 2.05 bits per heavy atom. The van der Waals surface area contributed by atoms with Gasteiger partial charge >= 0.3 is 0 Å². The van der Waals surface area contributed by atoms with Gasteiger partial charge in [0.25, 0.3) is 0 Å². The van der Waals surface area contributed by atoms with Crippen LogP contribution in [-0.2, 0) is 6.54 Å². The molecule has 3 nitrogen and oxygen atoms in total. The van der Waals surface area contributed by atoms with Crippen LogP contribution in [-0.4, -0.2) is 7.11 Å². The van der Waals surface area contributed by atoms with E-state index in [1.807, 2.05) is 6.07 Å². The van der Waals surface area contributed by atoms with Crippen molar-refractivity contribution in [2.75, 3.05) is 12.4 Å². The highest BCUT2D eigenvalue weighted by Gasteiger charge is 2.09. The van der Waals surface area contributed by atoms with Gasteiger partial charge in [-0.05, 0) is 30.3 Å². The molecule has 0 aromatic heterocycles. The monoisotopic (exact) mass is 274 g/mol. The zero-order valence-electron chi connectivity index (χ0n) is 10.8. The van der Waals surface area contributed by atoms with Crippen molar-refractivity contribution < 1.29 is 13.5 Å². The third-order valence-corrected chi connectivity index (χ3v) is 2.83. The molecule has 0 fully saturated rings. The molecule has 2 aromatic rings. The Morgan fingerprint density at radius 1 is 1.25 bits per heavy atom. The van der Waals surface area contributed by atoms with Gasteiger partial charge in [0.2, 0.25) is 0 Å². The number of hydrogen-bond acceptors (Lipinski definition) is 3. The van der Waals surface area contributed by atoms with Crippen LogP contribution >= 0.6 is 0 Å². The number of benzene rings is 2. The summed E-state index contributed by atoms with van der Waals surface area (Å²) in [5.41, 5.74) is 1.23. The van der Waals surface area contributed by atoms with Gasteiger partial charge in [-0.3, -0.25) is 0 Å². The Labute approximate surface area is 115 Å². The highest BCUT2D eigenvalue weighted by atomic mass is 19.2. The van der Waals surface area contributed by atoms with Crippen LogP contribution < -0.4 is 10.1 Å². The first-order chi connectivity index (χ1) is 9.65. The number of methoxy groups -OCH3 is 1. The third-order valence-electron chi connectivity index (χ3n) is 2.83. The van der Waals surface area contributed by atoms with Crippen LogP contribution in [0.3, 0.4) is 0 Å². The van der Waals surface area contributed by atoms with E-state index in [4.69, 9.17) is 10.00 Å². The lowest BCUT2D eigenvalue weighted by molar-refractivity contribution is 0.410. The lowest BCUT2D eigenvalue weighted by Gasteiger charge is -2.11. The molecule has 2 rings (SSSR count). The first-order valence-electron chi connectivity index (χ1n) is 5.90. The van der Waals surface area contributed by atoms with Crippen LogP contribution in [0.5, 0.6) is 5.75 Å². The summed E-state index contributed by atoms with van der Waals surface area (Å²) in [4.78, 5) is 0. The van der Waals surface area contributed by atoms with Crippen molar-refractivity contribution >= 4 is 5.69 Å². The van der Waals surface area contributed by atoms with Crippen LogP contribution in [0.15, 0.2) is 36.4 Å². The van der Waals surface area contributed by atoms with Crippen molar-refractivity contribution in [1.29, 1.82) is 5.26 Å². The lowest BCUT2D eigenvalue weighted by Crippen LogP contribution is -2.04. The zero-order valence-corrected chi connectivity index (χ0v) is 10.8. The number of ether oxygens (including phenoxy) is 1. The lowest BCUT2D eigenvalue weighted by atomic mass is 10.1. The second-order valence-electron chi connectivity index (χ2n) is 4.09. The average Bonchev–Trinajstić information content (AvgIpc) is 2.48. The van der Waals surface area contributed by atoms with Crippen LogP contribution in [0.4, 0.5) is 14.5 Å². The standard InChI is InChI=1S/C15H12F2N2O/c1-20-14-6-5-10(8-18)7-11(14)9-19-13-4-2-3-12(16)15(13)17/h2-7,19H,9H2,1H3. The molecule has 0 bridgehead atoms. The van der Waals surface area contributed by atoms with E-state index < -0.39 is 11.6 Å². The smallest absolute Gasteiger partial charge is 0.181 e. The molecule has 0 atom stereocenters. The highest BCUT2D eigenvalue weighted by Crippen LogP contribution is 2.22. The molecule has 0 heterocycles. The zero-order chi connectivity index (χ0) is 14.5. The van der Waals surface area contributed by atoms with Crippen LogP contribution in [0.1, 0.15) is 11.1 Å². The molecule has 0 radical (unpaired) electrons. The Hall–Kier alpha value is -2.61. The minimum absolute atomic E-state index is 0.0643. The van der Waals surface area contributed by atoms with Crippen molar-refractivity contribution in [3.05, 3.63) is 59.2 Å². The highest BCUT2D eigenvalue weighted by molar-refractivity contribution is 5.48. The molecule has 5 heteroatoms. The minimum atomic E-state index is -0.928. The molecule has 102 valence electrons. The van der Waals surface area contributed by atoms with E-state index in [1.165, 1.54) is 19.2 Å². The fourth-order valence-electron chi connectivity index (χ4n) is 1.82. The van der Waals surface area contributed by atoms with Gasteiger partial charge in [-0.1, -0.05) is 6.07 Å². The first kappa shape index (κ1) is 13.8. The predicted molar refractivity (Wildman–Crippen MR) is 71.4 cm³/mol. The van der Waals surface area contributed by atoms with E-state index in [9.17, 15) is 8.78 Å². The van der Waals surface area contributed by atoms with Crippen molar-refractivity contribution in [1.82, 2.24) is 0 Å². The summed E-state index contributed by atoms with van der Waals surface area (Å²) < 4.78 is 31.8. The van der Waals surface area contributed by atoms with Gasteiger partial charge in [0.05, 0.1) is 24.4 Å². The van der Waals surface area contributed by atoms with E-state index in [0.717, 1.165) is 6.07 Å². The Balaban J connectivity index is 2.22.